The number of nitrogens with zero attached hydrogens (tertiary/aromatic N) is 2. The molecule has 1 aliphatic rings. The Morgan fingerprint density at radius 2 is 1.61 bits per heavy atom. The molecule has 1 saturated heterocycles. The highest BCUT2D eigenvalue weighted by Crippen LogP contribution is 2.24. The van der Waals surface area contributed by atoms with E-state index in [1.165, 1.54) is 16.5 Å². The minimum absolute atomic E-state index is 0.413. The Morgan fingerprint density at radius 3 is 2.32 bits per heavy atom. The van der Waals surface area contributed by atoms with Crippen LogP contribution in [0.25, 0.3) is 10.8 Å². The summed E-state index contributed by atoms with van der Waals surface area (Å²) in [6, 6.07) is 22.8. The van der Waals surface area contributed by atoms with Crippen LogP contribution in [0.5, 0.6) is 5.75 Å². The number of anilines is 1. The maximum Gasteiger partial charge on any atom is 0.119 e. The van der Waals surface area contributed by atoms with E-state index in [1.807, 2.05) is 24.3 Å². The molecule has 146 valence electrons. The van der Waals surface area contributed by atoms with Gasteiger partial charge < -0.3 is 14.7 Å². The first-order chi connectivity index (χ1) is 13.7. The molecule has 28 heavy (non-hydrogen) atoms. The number of methoxy groups -OCH3 is 1. The smallest absolute Gasteiger partial charge is 0.119 e. The molecule has 0 radical (unpaired) electrons. The molecule has 4 nitrogen and oxygen atoms in total. The Kier molecular flexibility index (Phi) is 5.79. The monoisotopic (exact) mass is 376 g/mol. The van der Waals surface area contributed by atoms with Crippen molar-refractivity contribution >= 4 is 16.5 Å². The van der Waals surface area contributed by atoms with Gasteiger partial charge in [0.1, 0.15) is 5.75 Å². The number of aliphatic hydroxyl groups excluding tert-OH is 1. The Balaban J connectivity index is 1.28. The van der Waals surface area contributed by atoms with Crippen LogP contribution in [0.1, 0.15) is 18.1 Å². The number of rotatable bonds is 6. The molecule has 1 atom stereocenters. The summed E-state index contributed by atoms with van der Waals surface area (Å²) in [5.74, 6) is 0.894. The van der Waals surface area contributed by atoms with E-state index in [2.05, 4.69) is 52.3 Å². The van der Waals surface area contributed by atoms with Crippen LogP contribution < -0.4 is 9.64 Å². The lowest BCUT2D eigenvalue weighted by atomic mass is 10.0. The maximum atomic E-state index is 10.6. The summed E-state index contributed by atoms with van der Waals surface area (Å²) in [6.07, 6.45) is 0.352. The topological polar surface area (TPSA) is 35.9 Å². The van der Waals surface area contributed by atoms with Gasteiger partial charge in [0.05, 0.1) is 13.2 Å². The van der Waals surface area contributed by atoms with Crippen molar-refractivity contribution in [2.45, 2.75) is 12.5 Å². The summed E-state index contributed by atoms with van der Waals surface area (Å²) in [7, 11) is 1.69. The van der Waals surface area contributed by atoms with Crippen molar-refractivity contribution in [1.82, 2.24) is 4.90 Å². The van der Waals surface area contributed by atoms with Crippen LogP contribution in [0, 0.1) is 0 Å². The van der Waals surface area contributed by atoms with E-state index in [4.69, 9.17) is 4.74 Å². The molecule has 1 N–H and O–H groups in total. The molecular formula is C24H28N2O2. The van der Waals surface area contributed by atoms with Gasteiger partial charge in [0.2, 0.25) is 0 Å². The van der Waals surface area contributed by atoms with Crippen molar-refractivity contribution in [3.8, 4) is 5.75 Å². The average Bonchev–Trinajstić information content (AvgIpc) is 2.77. The van der Waals surface area contributed by atoms with Crippen LogP contribution in [-0.4, -0.2) is 49.8 Å². The predicted octanol–water partition coefficient (Wildman–Crippen LogP) is 4.09. The highest BCUT2D eigenvalue weighted by atomic mass is 16.5. The Labute approximate surface area is 167 Å². The van der Waals surface area contributed by atoms with Crippen molar-refractivity contribution < 1.29 is 9.84 Å². The molecule has 3 aromatic carbocycles. The summed E-state index contributed by atoms with van der Waals surface area (Å²) in [5, 5.41) is 13.0. The second kappa shape index (κ2) is 8.63. The number of hydrogen-bond donors (Lipinski definition) is 1. The Hall–Kier alpha value is -2.56. The molecule has 1 fully saturated rings. The number of hydrogen-bond acceptors (Lipinski definition) is 4. The first kappa shape index (κ1) is 18.8. The summed E-state index contributed by atoms with van der Waals surface area (Å²) < 4.78 is 5.24. The second-order valence-electron chi connectivity index (χ2n) is 7.44. The fourth-order valence-corrected chi connectivity index (χ4v) is 3.91. The standard InChI is InChI=1S/C24H28N2O2/c1-28-23-10-8-22(9-11-23)26-16-14-25(15-17-26)13-12-24(27)21-7-6-19-4-2-3-5-20(19)18-21/h2-11,18,24,27H,12-17H2,1H3/t24-/m1/s1. The zero-order valence-electron chi connectivity index (χ0n) is 16.4. The van der Waals surface area contributed by atoms with Crippen LogP contribution >= 0.6 is 0 Å². The third kappa shape index (κ3) is 4.29. The third-order valence-corrected chi connectivity index (χ3v) is 5.69. The average molecular weight is 377 g/mol. The minimum Gasteiger partial charge on any atom is -0.497 e. The number of ether oxygens (including phenoxy) is 1. The van der Waals surface area contributed by atoms with E-state index >= 15 is 0 Å². The quantitative estimate of drug-likeness (QED) is 0.703. The minimum atomic E-state index is -0.413. The van der Waals surface area contributed by atoms with Gasteiger partial charge in [-0.1, -0.05) is 36.4 Å². The molecule has 0 spiro atoms. The van der Waals surface area contributed by atoms with Crippen LogP contribution in [0.4, 0.5) is 5.69 Å². The van der Waals surface area contributed by atoms with Crippen molar-refractivity contribution in [1.29, 1.82) is 0 Å². The second-order valence-corrected chi connectivity index (χ2v) is 7.44. The first-order valence-corrected chi connectivity index (χ1v) is 10.0. The molecule has 4 heteroatoms. The van der Waals surface area contributed by atoms with E-state index in [0.717, 1.165) is 50.5 Å². The molecule has 0 saturated carbocycles. The van der Waals surface area contributed by atoms with Gasteiger partial charge in [-0.15, -0.1) is 0 Å². The third-order valence-electron chi connectivity index (χ3n) is 5.69. The van der Waals surface area contributed by atoms with Gasteiger partial charge in [0.25, 0.3) is 0 Å². The van der Waals surface area contributed by atoms with Gasteiger partial charge >= 0.3 is 0 Å². The lowest BCUT2D eigenvalue weighted by Gasteiger charge is -2.36. The van der Waals surface area contributed by atoms with Gasteiger partial charge in [-0.3, -0.25) is 4.90 Å². The highest BCUT2D eigenvalue weighted by molar-refractivity contribution is 5.83. The van der Waals surface area contributed by atoms with Crippen LogP contribution in [0.3, 0.4) is 0 Å². The van der Waals surface area contributed by atoms with E-state index in [0.29, 0.717) is 0 Å². The molecule has 0 aromatic heterocycles. The Bertz CT molecular complexity index is 902. The molecule has 1 heterocycles. The van der Waals surface area contributed by atoms with Crippen molar-refractivity contribution in [2.24, 2.45) is 0 Å². The molecule has 1 aliphatic heterocycles. The van der Waals surface area contributed by atoms with E-state index in [-0.39, 0.29) is 0 Å². The van der Waals surface area contributed by atoms with Gasteiger partial charge in [-0.25, -0.2) is 0 Å². The van der Waals surface area contributed by atoms with E-state index in [9.17, 15) is 5.11 Å². The van der Waals surface area contributed by atoms with Gasteiger partial charge in [0.15, 0.2) is 0 Å². The number of piperazine rings is 1. The van der Waals surface area contributed by atoms with Crippen LogP contribution in [-0.2, 0) is 0 Å². The molecule has 0 amide bonds. The lowest BCUT2D eigenvalue weighted by molar-refractivity contribution is 0.139. The molecule has 0 aliphatic carbocycles. The molecule has 4 rings (SSSR count). The fraction of sp³-hybridized carbons (Fsp3) is 0.333. The Morgan fingerprint density at radius 1 is 0.893 bits per heavy atom. The summed E-state index contributed by atoms with van der Waals surface area (Å²) in [6.45, 7) is 4.99. The van der Waals surface area contributed by atoms with Crippen LogP contribution in [0.2, 0.25) is 0 Å². The number of aliphatic hydroxyl groups is 1. The number of fused-ring (bicyclic) bond motifs is 1. The summed E-state index contributed by atoms with van der Waals surface area (Å²) >= 11 is 0. The normalized spacial score (nSPS) is 16.3. The largest absolute Gasteiger partial charge is 0.497 e. The van der Waals surface area contributed by atoms with Crippen molar-refractivity contribution in [3.05, 3.63) is 72.3 Å². The first-order valence-electron chi connectivity index (χ1n) is 10.0. The van der Waals surface area contributed by atoms with Gasteiger partial charge in [-0.2, -0.15) is 0 Å². The number of benzene rings is 3. The highest BCUT2D eigenvalue weighted by Gasteiger charge is 2.18. The van der Waals surface area contributed by atoms with E-state index < -0.39 is 6.10 Å². The van der Waals surface area contributed by atoms with E-state index in [1.54, 1.807) is 7.11 Å². The van der Waals surface area contributed by atoms with Crippen molar-refractivity contribution in [2.75, 3.05) is 44.7 Å². The molecule has 0 unspecified atom stereocenters. The summed E-state index contributed by atoms with van der Waals surface area (Å²) in [5.41, 5.74) is 2.26. The van der Waals surface area contributed by atoms with Gasteiger partial charge in [-0.05, 0) is 53.1 Å². The molecule has 0 bridgehead atoms. The fourth-order valence-electron chi connectivity index (χ4n) is 3.91. The molecular weight excluding hydrogens is 348 g/mol. The zero-order valence-corrected chi connectivity index (χ0v) is 16.4. The summed E-state index contributed by atoms with van der Waals surface area (Å²) in [4.78, 5) is 4.86. The van der Waals surface area contributed by atoms with Gasteiger partial charge in [0, 0.05) is 38.4 Å². The maximum absolute atomic E-state index is 10.6. The zero-order chi connectivity index (χ0) is 19.3. The van der Waals surface area contributed by atoms with Crippen LogP contribution in [0.15, 0.2) is 66.7 Å². The molecule has 3 aromatic rings. The SMILES string of the molecule is COc1ccc(N2CCN(CC[C@@H](O)c3ccc4ccccc4c3)CC2)cc1. The van der Waals surface area contributed by atoms with Crippen molar-refractivity contribution in [3.63, 3.8) is 0 Å². The predicted molar refractivity (Wildman–Crippen MR) is 115 cm³/mol. The lowest BCUT2D eigenvalue weighted by Crippen LogP contribution is -2.46.